The van der Waals surface area contributed by atoms with Crippen LogP contribution in [0.15, 0.2) is 47.4 Å². The first-order valence-corrected chi connectivity index (χ1v) is 12.4. The van der Waals surface area contributed by atoms with E-state index in [4.69, 9.17) is 28.5 Å². The number of carbonyl (C=O) groups excluding carboxylic acids is 1. The molecule has 2 aromatic rings. The van der Waals surface area contributed by atoms with Crippen molar-refractivity contribution in [3.05, 3.63) is 63.6 Å². The fraction of sp³-hybridized carbons (Fsp3) is 0.364. The number of hydrogen-bond acceptors (Lipinski definition) is 5. The van der Waals surface area contributed by atoms with Crippen molar-refractivity contribution in [2.24, 2.45) is 0 Å². The SMILES string of the molecule is C[C@@H](NS(=O)(=O)c1c(Cl)cccc1Cl)C(=O)N1CCCN(Cc2ccc(C#N)cc2)CC1. The highest BCUT2D eigenvalue weighted by atomic mass is 35.5. The zero-order chi connectivity index (χ0) is 23.3. The summed E-state index contributed by atoms with van der Waals surface area (Å²) in [5.74, 6) is -0.294. The van der Waals surface area contributed by atoms with Crippen LogP contribution in [0.25, 0.3) is 0 Å². The molecular weight excluding hydrogens is 471 g/mol. The quantitative estimate of drug-likeness (QED) is 0.664. The zero-order valence-corrected chi connectivity index (χ0v) is 19.9. The first-order chi connectivity index (χ1) is 15.2. The minimum atomic E-state index is -4.07. The minimum absolute atomic E-state index is 0.00198. The normalized spacial score (nSPS) is 16.2. The molecule has 0 aliphatic carbocycles. The number of nitrogens with zero attached hydrogens (tertiary/aromatic N) is 3. The van der Waals surface area contributed by atoms with Crippen molar-refractivity contribution < 1.29 is 13.2 Å². The maximum atomic E-state index is 12.9. The van der Waals surface area contributed by atoms with Crippen LogP contribution in [0.1, 0.15) is 24.5 Å². The van der Waals surface area contributed by atoms with Crippen molar-refractivity contribution in [1.29, 1.82) is 5.26 Å². The topological polar surface area (TPSA) is 93.5 Å². The molecule has 3 rings (SSSR count). The fourth-order valence-corrected chi connectivity index (χ4v) is 5.99. The van der Waals surface area contributed by atoms with Gasteiger partial charge in [-0.1, -0.05) is 41.4 Å². The van der Waals surface area contributed by atoms with Gasteiger partial charge in [0, 0.05) is 32.7 Å². The lowest BCUT2D eigenvalue weighted by atomic mass is 10.1. The molecule has 1 N–H and O–H groups in total. The molecule has 2 aromatic carbocycles. The third-order valence-corrected chi connectivity index (χ3v) is 7.77. The average Bonchev–Trinajstić information content (AvgIpc) is 2.98. The number of halogens is 2. The lowest BCUT2D eigenvalue weighted by Gasteiger charge is -2.25. The molecule has 1 aliphatic heterocycles. The van der Waals surface area contributed by atoms with Crippen LogP contribution in [0.5, 0.6) is 0 Å². The van der Waals surface area contributed by atoms with Crippen LogP contribution >= 0.6 is 23.2 Å². The lowest BCUT2D eigenvalue weighted by Crippen LogP contribution is -2.48. The van der Waals surface area contributed by atoms with Gasteiger partial charge in [-0.15, -0.1) is 0 Å². The smallest absolute Gasteiger partial charge is 0.244 e. The third-order valence-electron chi connectivity index (χ3n) is 5.28. The molecule has 0 saturated carbocycles. The summed E-state index contributed by atoms with van der Waals surface area (Å²) in [4.78, 5) is 16.6. The number of amides is 1. The first-order valence-electron chi connectivity index (χ1n) is 10.2. The van der Waals surface area contributed by atoms with Crippen LogP contribution in [0.3, 0.4) is 0 Å². The summed E-state index contributed by atoms with van der Waals surface area (Å²) in [5, 5.41) is 8.92. The summed E-state index contributed by atoms with van der Waals surface area (Å²) in [5.41, 5.74) is 1.72. The van der Waals surface area contributed by atoms with Crippen LogP contribution < -0.4 is 4.72 Å². The van der Waals surface area contributed by atoms with Crippen molar-refractivity contribution in [3.63, 3.8) is 0 Å². The van der Waals surface area contributed by atoms with Crippen molar-refractivity contribution in [2.75, 3.05) is 26.2 Å². The summed E-state index contributed by atoms with van der Waals surface area (Å²) in [6, 6.07) is 13.0. The molecule has 1 amide bonds. The molecular formula is C22H24Cl2N4O3S. The van der Waals surface area contributed by atoms with Crippen molar-refractivity contribution in [1.82, 2.24) is 14.5 Å². The number of carbonyl (C=O) groups is 1. The van der Waals surface area contributed by atoms with Gasteiger partial charge in [-0.2, -0.15) is 9.98 Å². The Hall–Kier alpha value is -2.15. The molecule has 32 heavy (non-hydrogen) atoms. The molecule has 10 heteroatoms. The van der Waals surface area contributed by atoms with E-state index >= 15 is 0 Å². The molecule has 1 heterocycles. The highest BCUT2D eigenvalue weighted by molar-refractivity contribution is 7.89. The standard InChI is InChI=1S/C22H24Cl2N4O3S/c1-16(26-32(30,31)21-19(23)4-2-5-20(21)24)22(29)28-11-3-10-27(12-13-28)15-18-8-6-17(14-25)7-9-18/h2,4-9,16,26H,3,10-13,15H2,1H3/t16-/m1/s1. The molecule has 0 spiro atoms. The Kier molecular flexibility index (Phi) is 8.15. The molecule has 1 fully saturated rings. The molecule has 7 nitrogen and oxygen atoms in total. The lowest BCUT2D eigenvalue weighted by molar-refractivity contribution is -0.132. The van der Waals surface area contributed by atoms with E-state index in [1.54, 1.807) is 23.1 Å². The Balaban J connectivity index is 1.60. The second-order valence-corrected chi connectivity index (χ2v) is 10.1. The summed E-state index contributed by atoms with van der Waals surface area (Å²) < 4.78 is 27.9. The number of nitriles is 1. The van der Waals surface area contributed by atoms with Gasteiger partial charge in [-0.25, -0.2) is 8.42 Å². The molecule has 1 aliphatic rings. The van der Waals surface area contributed by atoms with Crippen LogP contribution in [0.4, 0.5) is 0 Å². The Labute approximate surface area is 198 Å². The highest BCUT2D eigenvalue weighted by Crippen LogP contribution is 2.29. The van der Waals surface area contributed by atoms with Gasteiger partial charge in [0.15, 0.2) is 0 Å². The van der Waals surface area contributed by atoms with E-state index in [1.165, 1.54) is 19.1 Å². The molecule has 0 aromatic heterocycles. The fourth-order valence-electron chi connectivity index (χ4n) is 3.65. The van der Waals surface area contributed by atoms with Gasteiger partial charge < -0.3 is 4.90 Å². The first kappa shape index (κ1) is 24.5. The van der Waals surface area contributed by atoms with E-state index in [-0.39, 0.29) is 20.8 Å². The largest absolute Gasteiger partial charge is 0.340 e. The second-order valence-electron chi connectivity index (χ2n) is 7.66. The monoisotopic (exact) mass is 494 g/mol. The summed E-state index contributed by atoms with van der Waals surface area (Å²) in [6.07, 6.45) is 0.776. The minimum Gasteiger partial charge on any atom is -0.340 e. The highest BCUT2D eigenvalue weighted by Gasteiger charge is 2.29. The van der Waals surface area contributed by atoms with Gasteiger partial charge in [0.25, 0.3) is 0 Å². The molecule has 0 bridgehead atoms. The van der Waals surface area contributed by atoms with Gasteiger partial charge in [0.05, 0.1) is 27.7 Å². The van der Waals surface area contributed by atoms with Gasteiger partial charge in [0.2, 0.25) is 15.9 Å². The molecule has 1 saturated heterocycles. The van der Waals surface area contributed by atoms with Crippen molar-refractivity contribution in [2.45, 2.75) is 30.8 Å². The van der Waals surface area contributed by atoms with E-state index < -0.39 is 16.1 Å². The Morgan fingerprint density at radius 3 is 2.38 bits per heavy atom. The van der Waals surface area contributed by atoms with E-state index in [0.717, 1.165) is 25.1 Å². The molecule has 170 valence electrons. The Morgan fingerprint density at radius 1 is 1.09 bits per heavy atom. The molecule has 0 unspecified atom stereocenters. The van der Waals surface area contributed by atoms with Crippen LogP contribution in [-0.2, 0) is 21.4 Å². The molecule has 1 atom stereocenters. The average molecular weight is 495 g/mol. The Bertz CT molecular complexity index is 1100. The van der Waals surface area contributed by atoms with Crippen molar-refractivity contribution in [3.8, 4) is 6.07 Å². The zero-order valence-electron chi connectivity index (χ0n) is 17.6. The van der Waals surface area contributed by atoms with Gasteiger partial charge in [-0.3, -0.25) is 9.69 Å². The number of sulfonamides is 1. The van der Waals surface area contributed by atoms with Crippen LogP contribution in [-0.4, -0.2) is 56.3 Å². The van der Waals surface area contributed by atoms with E-state index in [1.807, 2.05) is 12.1 Å². The predicted octanol–water partition coefficient (Wildman–Crippen LogP) is 3.27. The maximum absolute atomic E-state index is 12.9. The van der Waals surface area contributed by atoms with Gasteiger partial charge in [0.1, 0.15) is 4.90 Å². The van der Waals surface area contributed by atoms with E-state index in [2.05, 4.69) is 15.7 Å². The summed E-state index contributed by atoms with van der Waals surface area (Å²) in [6.45, 7) is 4.77. The Morgan fingerprint density at radius 2 is 1.75 bits per heavy atom. The number of benzene rings is 2. The third kappa shape index (κ3) is 6.00. The van der Waals surface area contributed by atoms with Crippen LogP contribution in [0.2, 0.25) is 10.0 Å². The number of nitrogens with one attached hydrogen (secondary N) is 1. The number of hydrogen-bond donors (Lipinski definition) is 1. The maximum Gasteiger partial charge on any atom is 0.244 e. The predicted molar refractivity (Wildman–Crippen MR) is 124 cm³/mol. The van der Waals surface area contributed by atoms with Crippen LogP contribution in [0, 0.1) is 11.3 Å². The van der Waals surface area contributed by atoms with E-state index in [0.29, 0.717) is 25.2 Å². The van der Waals surface area contributed by atoms with Crippen molar-refractivity contribution >= 4 is 39.1 Å². The van der Waals surface area contributed by atoms with E-state index in [9.17, 15) is 13.2 Å². The molecule has 0 radical (unpaired) electrons. The summed E-state index contributed by atoms with van der Waals surface area (Å²) >= 11 is 12.1. The van der Waals surface area contributed by atoms with Gasteiger partial charge in [-0.05, 0) is 43.2 Å². The number of rotatable bonds is 6. The summed E-state index contributed by atoms with van der Waals surface area (Å²) in [7, 11) is -4.07. The second kappa shape index (κ2) is 10.6. The van der Waals surface area contributed by atoms with Gasteiger partial charge >= 0.3 is 0 Å².